The van der Waals surface area contributed by atoms with E-state index in [2.05, 4.69) is 174 Å². The Hall–Kier alpha value is -11.3. The minimum absolute atomic E-state index is 0.104. The van der Waals surface area contributed by atoms with Crippen LogP contribution in [0.3, 0.4) is 0 Å². The molecule has 0 unspecified atom stereocenters. The molecule has 5 nitrogen and oxygen atoms in total. The van der Waals surface area contributed by atoms with Gasteiger partial charge in [0.25, 0.3) is 0 Å². The summed E-state index contributed by atoms with van der Waals surface area (Å²) < 4.78 is 123. The maximum absolute atomic E-state index is 14.7. The maximum Gasteiger partial charge on any atom is 0.394 e. The fraction of sp³-hybridized carbons (Fsp3) is 0.279. The number of fused-ring (bicyclic) bond motifs is 5. The first-order chi connectivity index (χ1) is 54.9. The molecular formula is C104H110F8N5+5. The zero-order valence-electron chi connectivity index (χ0n) is 72.8. The largest absolute Gasteiger partial charge is 0.394 e. The van der Waals surface area contributed by atoms with Gasteiger partial charge in [-0.25, -0.2) is 22.0 Å². The molecule has 13 heteroatoms. The summed E-state index contributed by atoms with van der Waals surface area (Å²) in [5.74, 6) is -0.984. The second-order valence-corrected chi connectivity index (χ2v) is 33.2. The number of nitrogens with zero attached hydrogens (tertiary/aromatic N) is 5. The molecule has 5 aromatic heterocycles. The Morgan fingerprint density at radius 3 is 1.05 bits per heavy atom. The Bertz CT molecular complexity index is 6480. The number of halogens is 8. The molecule has 0 N–H and O–H groups in total. The summed E-state index contributed by atoms with van der Waals surface area (Å²) in [6.07, 6.45) is -4.69. The van der Waals surface area contributed by atoms with Gasteiger partial charge in [-0.2, -0.15) is 36.0 Å². The molecule has 602 valence electrons. The Morgan fingerprint density at radius 2 is 0.607 bits per heavy atom. The first kappa shape index (κ1) is 86.5. The van der Waals surface area contributed by atoms with E-state index in [9.17, 15) is 35.1 Å². The highest BCUT2D eigenvalue weighted by Gasteiger charge is 2.48. The molecule has 5 heterocycles. The topological polar surface area (TPSA) is 19.4 Å². The Labute approximate surface area is 685 Å². The van der Waals surface area contributed by atoms with Gasteiger partial charge in [0.05, 0.1) is 32.3 Å². The van der Waals surface area contributed by atoms with E-state index >= 15 is 0 Å². The molecule has 15 rings (SSSR count). The summed E-state index contributed by atoms with van der Waals surface area (Å²) in [5.41, 5.74) is 33.8. The molecule has 0 aliphatic carbocycles. The van der Waals surface area contributed by atoms with Crippen molar-refractivity contribution in [3.63, 3.8) is 0 Å². The average molecular weight is 1580 g/mol. The zero-order chi connectivity index (χ0) is 85.8. The van der Waals surface area contributed by atoms with Crippen molar-refractivity contribution in [1.82, 2.24) is 0 Å². The van der Waals surface area contributed by atoms with Crippen LogP contribution >= 0.6 is 0 Å². The number of alkyl halides is 3. The van der Waals surface area contributed by atoms with Crippen LogP contribution in [0.1, 0.15) is 125 Å². The lowest BCUT2D eigenvalue weighted by molar-refractivity contribution is -0.633. The van der Waals surface area contributed by atoms with E-state index in [0.717, 1.165) is 131 Å². The van der Waals surface area contributed by atoms with Crippen LogP contribution in [-0.2, 0) is 41.7 Å². The molecule has 0 saturated carbocycles. The second-order valence-electron chi connectivity index (χ2n) is 33.2. The first-order valence-electron chi connectivity index (χ1n) is 39.8. The van der Waals surface area contributed by atoms with Gasteiger partial charge in [-0.15, -0.1) is 0 Å². The summed E-state index contributed by atoms with van der Waals surface area (Å²) in [6.45, 7) is 40.4. The van der Waals surface area contributed by atoms with Gasteiger partial charge in [-0.1, -0.05) is 96.8 Å². The van der Waals surface area contributed by atoms with E-state index < -0.39 is 17.4 Å². The van der Waals surface area contributed by atoms with E-state index in [4.69, 9.17) is 0 Å². The second kappa shape index (κ2) is 34.1. The third-order valence-corrected chi connectivity index (χ3v) is 24.0. The van der Waals surface area contributed by atoms with Crippen LogP contribution in [-0.4, -0.2) is 6.18 Å². The van der Waals surface area contributed by atoms with E-state index in [-0.39, 0.29) is 35.1 Å². The van der Waals surface area contributed by atoms with Crippen molar-refractivity contribution in [2.24, 2.45) is 40.7 Å². The van der Waals surface area contributed by atoms with Crippen LogP contribution < -0.4 is 22.8 Å². The molecule has 0 aliphatic rings. The fourth-order valence-electron chi connectivity index (χ4n) is 16.5. The molecule has 0 aliphatic heterocycles. The van der Waals surface area contributed by atoms with E-state index in [1.807, 2.05) is 168 Å². The number of hydrogen-bond donors (Lipinski definition) is 0. The third kappa shape index (κ3) is 17.3. The van der Waals surface area contributed by atoms with Crippen molar-refractivity contribution >= 4 is 54.5 Å². The highest BCUT2D eigenvalue weighted by molar-refractivity contribution is 5.87. The quantitative estimate of drug-likeness (QED) is 0.112. The summed E-state index contributed by atoms with van der Waals surface area (Å²) >= 11 is 0. The Kier molecular flexibility index (Phi) is 25.2. The molecule has 0 amide bonds. The van der Waals surface area contributed by atoms with E-state index in [0.29, 0.717) is 33.2 Å². The lowest BCUT2D eigenvalue weighted by atomic mass is 9.83. The van der Waals surface area contributed by atoms with Crippen LogP contribution in [0.25, 0.3) is 111 Å². The summed E-state index contributed by atoms with van der Waals surface area (Å²) in [5, 5.41) is 3.83. The van der Waals surface area contributed by atoms with Gasteiger partial charge < -0.3 is 0 Å². The van der Waals surface area contributed by atoms with Crippen molar-refractivity contribution in [3.8, 4) is 56.3 Å². The van der Waals surface area contributed by atoms with Gasteiger partial charge in [0.1, 0.15) is 64.3 Å². The van der Waals surface area contributed by atoms with Gasteiger partial charge in [0.15, 0.2) is 0 Å². The number of benzene rings is 10. The SMILES string of the molecule is Cc1cc(C)c(C)c(-c2cc(CC(C)(C)C(F)(F)F)c3c(F)cccc3[n+]2C)c1.Cc1cc(C)c(C)c(-c2cc(F)c3ccc(C)cc3[n+]2C)c1.Cc1cc(C)c(C)c(-c2ccc3c(C)c(F)c(C)cc3[n+]2C)c1.Cc1ccc(C)c(-c2ccc3c(C)c(F)c(C)cc3[n+]2C)c1.Cc1ccccc1-c1ccc2c(C)c(F)c(C)cc2[n+]1C. The highest BCUT2D eigenvalue weighted by atomic mass is 19.4. The highest BCUT2D eigenvalue weighted by Crippen LogP contribution is 2.43. The van der Waals surface area contributed by atoms with Gasteiger partial charge in [0.2, 0.25) is 56.1 Å². The zero-order valence-corrected chi connectivity index (χ0v) is 72.8. The molecular weight excluding hydrogens is 1470 g/mol. The number of hydrogen-bond acceptors (Lipinski definition) is 0. The average Bonchev–Trinajstić information content (AvgIpc) is 0.772. The van der Waals surface area contributed by atoms with Crippen LogP contribution in [0, 0.1) is 166 Å². The summed E-state index contributed by atoms with van der Waals surface area (Å²) in [4.78, 5) is 0. The monoisotopic (exact) mass is 1580 g/mol. The van der Waals surface area contributed by atoms with Crippen molar-refractivity contribution in [1.29, 1.82) is 0 Å². The van der Waals surface area contributed by atoms with E-state index in [1.165, 1.54) is 72.8 Å². The van der Waals surface area contributed by atoms with Gasteiger partial charge in [-0.3, -0.25) is 0 Å². The smallest absolute Gasteiger partial charge is 0.206 e. The van der Waals surface area contributed by atoms with Crippen LogP contribution in [0.2, 0.25) is 0 Å². The van der Waals surface area contributed by atoms with Crippen molar-refractivity contribution < 1.29 is 58.0 Å². The standard InChI is InChI=1S/C24H26F4N.C21H23FN.2C20H21FN.C19H19FN/c1-14-10-15(2)16(3)18(11-14)21-12-17(13-23(4,5)24(26,27)28)22-19(25)8-7-9-20(22)29(21)6;1-12-9-13(2)15(4)18(10-12)19-8-7-17-16(5)21(22)14(3)11-20(17)23(19)6;1-12-6-7-16-18(21)11-20(22(5)19(16)10-12)17-9-13(2)8-14(3)15(17)4;1-12-6-7-13(2)17(10-12)18-9-8-16-15(4)20(21)14(3)11-19(16)22(18)5;1-12-7-5-6-8-15(12)17-10-9-16-14(3)19(20)13(2)11-18(16)21(17)4/h7-12H,13H2,1-6H3;7-11H,1-6H3;2*6-11H,1-5H3;5-11H,1-4H3/q5*+1. The molecule has 0 spiro atoms. The van der Waals surface area contributed by atoms with Crippen molar-refractivity contribution in [2.45, 2.75) is 158 Å². The first-order valence-corrected chi connectivity index (χ1v) is 39.8. The predicted molar refractivity (Wildman–Crippen MR) is 466 cm³/mol. The molecule has 10 aromatic carbocycles. The van der Waals surface area contributed by atoms with Gasteiger partial charge in [-0.05, 0) is 288 Å². The van der Waals surface area contributed by atoms with Crippen molar-refractivity contribution in [2.75, 3.05) is 0 Å². The number of aromatic nitrogens is 5. The number of aryl methyl sites for hydroxylation is 21. The predicted octanol–water partition coefficient (Wildman–Crippen LogP) is 25.3. The minimum atomic E-state index is -4.39. The molecule has 0 bridgehead atoms. The van der Waals surface area contributed by atoms with Crippen molar-refractivity contribution in [3.05, 3.63) is 322 Å². The van der Waals surface area contributed by atoms with Gasteiger partial charge >= 0.3 is 6.18 Å². The summed E-state index contributed by atoms with van der Waals surface area (Å²) in [6, 6.07) is 59.7. The van der Waals surface area contributed by atoms with E-state index in [1.54, 1.807) is 24.3 Å². The number of pyridine rings is 5. The molecule has 0 fully saturated rings. The molecule has 15 aromatic rings. The van der Waals surface area contributed by atoms with Crippen LogP contribution in [0.15, 0.2) is 182 Å². The van der Waals surface area contributed by atoms with Crippen LogP contribution in [0.4, 0.5) is 35.1 Å². The third-order valence-electron chi connectivity index (χ3n) is 24.0. The Morgan fingerprint density at radius 1 is 0.256 bits per heavy atom. The van der Waals surface area contributed by atoms with Crippen LogP contribution in [0.5, 0.6) is 0 Å². The maximum atomic E-state index is 14.7. The minimum Gasteiger partial charge on any atom is -0.206 e. The molecule has 0 saturated heterocycles. The number of rotatable bonds is 7. The normalized spacial score (nSPS) is 11.5. The lowest BCUT2D eigenvalue weighted by Gasteiger charge is -2.28. The Balaban J connectivity index is 0.000000144. The van der Waals surface area contributed by atoms with Gasteiger partial charge in [0, 0.05) is 88.5 Å². The molecule has 117 heavy (non-hydrogen) atoms. The molecule has 0 atom stereocenters. The fourth-order valence-corrected chi connectivity index (χ4v) is 16.5. The lowest BCUT2D eigenvalue weighted by Crippen LogP contribution is -2.36. The molecule has 0 radical (unpaired) electrons. The summed E-state index contributed by atoms with van der Waals surface area (Å²) in [7, 11) is 9.99.